The lowest BCUT2D eigenvalue weighted by Gasteiger charge is -2.41. The van der Waals surface area contributed by atoms with Gasteiger partial charge >= 0.3 is 0 Å². The van der Waals surface area contributed by atoms with Crippen LogP contribution in [-0.4, -0.2) is 73.9 Å². The van der Waals surface area contributed by atoms with Crippen molar-refractivity contribution in [3.63, 3.8) is 0 Å². The van der Waals surface area contributed by atoms with E-state index in [2.05, 4.69) is 46.6 Å². The predicted molar refractivity (Wildman–Crippen MR) is 127 cm³/mol. The van der Waals surface area contributed by atoms with E-state index >= 15 is 0 Å². The van der Waals surface area contributed by atoms with Gasteiger partial charge in [-0.1, -0.05) is 11.8 Å². The standard InChI is InChI=1S/C24H22FN9O/c1-35-15-20-14-32(8-9-34(20)23-10-21(25)30-16-31-23)24-28-12-19(13-29-24)3-2-18-4-5-22(27-11-18)33-7-6-26-17-33/h4-7,10-13,16-17,20H,8-9,14-15H2,1H3/t20-/m1/s1. The molecule has 1 atom stereocenters. The van der Waals surface area contributed by atoms with Crippen LogP contribution in [0.5, 0.6) is 0 Å². The molecule has 1 aliphatic rings. The Morgan fingerprint density at radius 2 is 1.83 bits per heavy atom. The molecule has 0 N–H and O–H groups in total. The zero-order valence-electron chi connectivity index (χ0n) is 19.0. The number of ether oxygens (including phenoxy) is 1. The largest absolute Gasteiger partial charge is 0.382 e. The number of nitrogens with zero attached hydrogens (tertiary/aromatic N) is 9. The van der Waals surface area contributed by atoms with Gasteiger partial charge in [-0.05, 0) is 12.1 Å². The van der Waals surface area contributed by atoms with Crippen LogP contribution in [0, 0.1) is 17.8 Å². The van der Waals surface area contributed by atoms with Crippen LogP contribution < -0.4 is 9.80 Å². The van der Waals surface area contributed by atoms with E-state index in [4.69, 9.17) is 4.74 Å². The molecule has 176 valence electrons. The Labute approximate surface area is 201 Å². The minimum atomic E-state index is -0.557. The monoisotopic (exact) mass is 471 g/mol. The van der Waals surface area contributed by atoms with Crippen LogP contribution in [0.1, 0.15) is 11.1 Å². The lowest BCUT2D eigenvalue weighted by atomic mass is 10.1. The zero-order valence-corrected chi connectivity index (χ0v) is 19.0. The van der Waals surface area contributed by atoms with Crippen molar-refractivity contribution in [3.05, 3.63) is 78.9 Å². The Kier molecular flexibility index (Phi) is 6.54. The number of hydrogen-bond acceptors (Lipinski definition) is 9. The number of rotatable bonds is 5. The second-order valence-electron chi connectivity index (χ2n) is 7.84. The first-order valence-electron chi connectivity index (χ1n) is 11.0. The van der Waals surface area contributed by atoms with Gasteiger partial charge in [-0.15, -0.1) is 0 Å². The summed E-state index contributed by atoms with van der Waals surface area (Å²) in [5, 5.41) is 0. The van der Waals surface area contributed by atoms with Crippen molar-refractivity contribution in [2.24, 2.45) is 0 Å². The molecule has 0 radical (unpaired) electrons. The Morgan fingerprint density at radius 1 is 1.00 bits per heavy atom. The highest BCUT2D eigenvalue weighted by atomic mass is 19.1. The zero-order chi connectivity index (χ0) is 24.0. The van der Waals surface area contributed by atoms with Gasteiger partial charge in [0.25, 0.3) is 0 Å². The molecule has 0 unspecified atom stereocenters. The molecule has 5 heterocycles. The molecule has 0 saturated carbocycles. The average molecular weight is 472 g/mol. The minimum absolute atomic E-state index is 0.0380. The molecule has 0 amide bonds. The van der Waals surface area contributed by atoms with Gasteiger partial charge in [0.05, 0.1) is 18.2 Å². The molecule has 1 saturated heterocycles. The van der Waals surface area contributed by atoms with Crippen LogP contribution in [-0.2, 0) is 4.74 Å². The number of piperazine rings is 1. The van der Waals surface area contributed by atoms with Gasteiger partial charge in [0, 0.05) is 69.4 Å². The molecule has 1 aliphatic heterocycles. The molecule has 0 aliphatic carbocycles. The van der Waals surface area contributed by atoms with Crippen molar-refractivity contribution < 1.29 is 9.13 Å². The number of imidazole rings is 1. The molecule has 35 heavy (non-hydrogen) atoms. The van der Waals surface area contributed by atoms with Crippen LogP contribution in [0.2, 0.25) is 0 Å². The topological polar surface area (TPSA) is 98.0 Å². The Bertz CT molecular complexity index is 1320. The van der Waals surface area contributed by atoms with Gasteiger partial charge in [-0.2, -0.15) is 4.39 Å². The summed E-state index contributed by atoms with van der Waals surface area (Å²) in [6.07, 6.45) is 11.6. The summed E-state index contributed by atoms with van der Waals surface area (Å²) in [6.45, 7) is 2.35. The first-order chi connectivity index (χ1) is 17.2. The van der Waals surface area contributed by atoms with Crippen LogP contribution in [0.25, 0.3) is 5.82 Å². The molecular weight excluding hydrogens is 449 g/mol. The molecule has 11 heteroatoms. The second-order valence-corrected chi connectivity index (χ2v) is 7.84. The fourth-order valence-electron chi connectivity index (χ4n) is 3.86. The fraction of sp³-hybridized carbons (Fsp3) is 0.250. The first kappa shape index (κ1) is 22.4. The van der Waals surface area contributed by atoms with Crippen molar-refractivity contribution in [3.8, 4) is 17.7 Å². The van der Waals surface area contributed by atoms with Crippen molar-refractivity contribution in [1.82, 2.24) is 34.5 Å². The van der Waals surface area contributed by atoms with Gasteiger partial charge in [-0.3, -0.25) is 4.57 Å². The van der Waals surface area contributed by atoms with Crippen LogP contribution in [0.4, 0.5) is 16.2 Å². The molecule has 1 fully saturated rings. The average Bonchev–Trinajstić information content (AvgIpc) is 3.43. The van der Waals surface area contributed by atoms with E-state index < -0.39 is 5.95 Å². The van der Waals surface area contributed by atoms with E-state index in [1.807, 2.05) is 27.8 Å². The maximum absolute atomic E-state index is 13.6. The number of aromatic nitrogens is 7. The maximum Gasteiger partial charge on any atom is 0.225 e. The van der Waals surface area contributed by atoms with Crippen LogP contribution >= 0.6 is 0 Å². The maximum atomic E-state index is 13.6. The van der Waals surface area contributed by atoms with Crippen molar-refractivity contribution in [2.45, 2.75) is 6.04 Å². The lowest BCUT2D eigenvalue weighted by Crippen LogP contribution is -2.56. The SMILES string of the molecule is COC[C@H]1CN(c2ncc(C#Cc3ccc(-n4ccnc4)nc3)cn2)CCN1c1cc(F)ncn1. The number of anilines is 2. The molecule has 0 aromatic carbocycles. The Morgan fingerprint density at radius 3 is 2.54 bits per heavy atom. The third-order valence-electron chi connectivity index (χ3n) is 5.54. The number of methoxy groups -OCH3 is 1. The van der Waals surface area contributed by atoms with Crippen molar-refractivity contribution >= 4 is 11.8 Å². The van der Waals surface area contributed by atoms with Crippen LogP contribution in [0.3, 0.4) is 0 Å². The minimum Gasteiger partial charge on any atom is -0.382 e. The normalized spacial score (nSPS) is 15.5. The van der Waals surface area contributed by atoms with E-state index in [1.165, 1.54) is 12.4 Å². The van der Waals surface area contributed by atoms with E-state index in [9.17, 15) is 4.39 Å². The predicted octanol–water partition coefficient (Wildman–Crippen LogP) is 1.73. The van der Waals surface area contributed by atoms with Gasteiger partial charge < -0.3 is 14.5 Å². The quantitative estimate of drug-likeness (QED) is 0.318. The molecule has 0 spiro atoms. The molecule has 10 nitrogen and oxygen atoms in total. The third-order valence-corrected chi connectivity index (χ3v) is 5.54. The number of hydrogen-bond donors (Lipinski definition) is 0. The summed E-state index contributed by atoms with van der Waals surface area (Å²) < 4.78 is 20.8. The number of halogens is 1. The Balaban J connectivity index is 1.25. The lowest BCUT2D eigenvalue weighted by molar-refractivity contribution is 0.173. The molecule has 0 bridgehead atoms. The summed E-state index contributed by atoms with van der Waals surface area (Å²) in [7, 11) is 1.64. The van der Waals surface area contributed by atoms with E-state index in [1.54, 1.807) is 38.2 Å². The van der Waals surface area contributed by atoms with E-state index in [0.29, 0.717) is 43.6 Å². The molecule has 4 aromatic rings. The summed E-state index contributed by atoms with van der Waals surface area (Å²) in [6, 6.07) is 5.09. The third kappa shape index (κ3) is 5.23. The smallest absolute Gasteiger partial charge is 0.225 e. The van der Waals surface area contributed by atoms with Crippen LogP contribution in [0.15, 0.2) is 61.8 Å². The molecule has 5 rings (SSSR count). The first-order valence-corrected chi connectivity index (χ1v) is 11.0. The van der Waals surface area contributed by atoms with E-state index in [0.717, 1.165) is 11.4 Å². The van der Waals surface area contributed by atoms with E-state index in [-0.39, 0.29) is 6.04 Å². The summed E-state index contributed by atoms with van der Waals surface area (Å²) in [5.41, 5.74) is 1.49. The highest BCUT2D eigenvalue weighted by Gasteiger charge is 2.29. The molecular formula is C24H22FN9O. The summed E-state index contributed by atoms with van der Waals surface area (Å²) >= 11 is 0. The van der Waals surface area contributed by atoms with Gasteiger partial charge in [0.15, 0.2) is 0 Å². The highest BCUT2D eigenvalue weighted by molar-refractivity contribution is 5.45. The van der Waals surface area contributed by atoms with Gasteiger partial charge in [-0.25, -0.2) is 29.9 Å². The molecule has 4 aromatic heterocycles. The van der Waals surface area contributed by atoms with Crippen molar-refractivity contribution in [2.75, 3.05) is 43.2 Å². The summed E-state index contributed by atoms with van der Waals surface area (Å²) in [4.78, 5) is 29.3. The fourth-order valence-corrected chi connectivity index (χ4v) is 3.86. The van der Waals surface area contributed by atoms with Gasteiger partial charge in [0.1, 0.15) is 24.3 Å². The van der Waals surface area contributed by atoms with Gasteiger partial charge in [0.2, 0.25) is 11.9 Å². The summed E-state index contributed by atoms with van der Waals surface area (Å²) in [5.74, 6) is 7.53. The Hall–Kier alpha value is -4.43. The second kappa shape index (κ2) is 10.2. The highest BCUT2D eigenvalue weighted by Crippen LogP contribution is 2.21. The van der Waals surface area contributed by atoms with Crippen molar-refractivity contribution in [1.29, 1.82) is 0 Å². The number of pyridine rings is 1.